The molecular formula is C15H19BrN2. The van der Waals surface area contributed by atoms with E-state index in [1.165, 1.54) is 6.42 Å². The molecule has 0 aromatic heterocycles. The van der Waals surface area contributed by atoms with Gasteiger partial charge in [-0.25, -0.2) is 0 Å². The molecule has 0 saturated carbocycles. The van der Waals surface area contributed by atoms with Crippen molar-refractivity contribution in [3.63, 3.8) is 0 Å². The normalized spacial score (nSPS) is 19.3. The molecule has 0 amide bonds. The molecule has 1 aliphatic heterocycles. The second-order valence-electron chi connectivity index (χ2n) is 5.34. The Morgan fingerprint density at radius 1 is 1.50 bits per heavy atom. The van der Waals surface area contributed by atoms with Crippen LogP contribution in [0.1, 0.15) is 31.4 Å². The molecule has 0 aliphatic carbocycles. The molecule has 0 radical (unpaired) electrons. The predicted octanol–water partition coefficient (Wildman–Crippen LogP) is 3.94. The van der Waals surface area contributed by atoms with Gasteiger partial charge < -0.3 is 4.90 Å². The Morgan fingerprint density at radius 3 is 2.83 bits per heavy atom. The smallest absolute Gasteiger partial charge is 0.101 e. The number of anilines is 1. The summed E-state index contributed by atoms with van der Waals surface area (Å²) in [5.74, 6) is 1.48. The monoisotopic (exact) mass is 306 g/mol. The second kappa shape index (κ2) is 5.75. The standard InChI is InChI=1S/C15H19BrN2/c1-11(2)13-5-6-18(10-13)15-4-3-12(8-16)7-14(15)9-17/h3-4,7,11,13H,5-6,8,10H2,1-2H3. The van der Waals surface area contributed by atoms with Crippen molar-refractivity contribution < 1.29 is 0 Å². The van der Waals surface area contributed by atoms with Gasteiger partial charge in [-0.3, -0.25) is 0 Å². The van der Waals surface area contributed by atoms with Crippen LogP contribution in [0, 0.1) is 23.2 Å². The molecule has 0 spiro atoms. The largest absolute Gasteiger partial charge is 0.370 e. The molecule has 18 heavy (non-hydrogen) atoms. The molecule has 1 heterocycles. The fourth-order valence-electron chi connectivity index (χ4n) is 2.58. The van der Waals surface area contributed by atoms with E-state index in [9.17, 15) is 5.26 Å². The van der Waals surface area contributed by atoms with Crippen molar-refractivity contribution >= 4 is 21.6 Å². The first-order chi connectivity index (χ1) is 8.65. The van der Waals surface area contributed by atoms with Crippen LogP contribution in [-0.2, 0) is 5.33 Å². The Hall–Kier alpha value is -1.01. The highest BCUT2D eigenvalue weighted by molar-refractivity contribution is 9.08. The molecule has 1 atom stereocenters. The summed E-state index contributed by atoms with van der Waals surface area (Å²) < 4.78 is 0. The first kappa shape index (κ1) is 13.4. The SMILES string of the molecule is CC(C)C1CCN(c2ccc(CBr)cc2C#N)C1. The molecule has 2 nitrogen and oxygen atoms in total. The minimum Gasteiger partial charge on any atom is -0.370 e. The molecule has 1 aromatic carbocycles. The van der Waals surface area contributed by atoms with E-state index in [-0.39, 0.29) is 0 Å². The number of nitriles is 1. The molecule has 1 saturated heterocycles. The number of halogens is 1. The minimum absolute atomic E-state index is 0.724. The third-order valence-electron chi connectivity index (χ3n) is 3.84. The van der Waals surface area contributed by atoms with Gasteiger partial charge in [-0.15, -0.1) is 0 Å². The maximum absolute atomic E-state index is 9.28. The summed E-state index contributed by atoms with van der Waals surface area (Å²) in [7, 11) is 0. The summed E-state index contributed by atoms with van der Waals surface area (Å²) in [5, 5.41) is 10.1. The zero-order chi connectivity index (χ0) is 13.1. The predicted molar refractivity (Wildman–Crippen MR) is 78.9 cm³/mol. The highest BCUT2D eigenvalue weighted by Gasteiger charge is 2.26. The van der Waals surface area contributed by atoms with Gasteiger partial charge in [0.1, 0.15) is 6.07 Å². The molecule has 1 unspecified atom stereocenters. The lowest BCUT2D eigenvalue weighted by Crippen LogP contribution is -2.22. The summed E-state index contributed by atoms with van der Waals surface area (Å²) in [6, 6.07) is 8.52. The van der Waals surface area contributed by atoms with Crippen molar-refractivity contribution in [3.8, 4) is 6.07 Å². The lowest BCUT2D eigenvalue weighted by Gasteiger charge is -2.21. The van der Waals surface area contributed by atoms with E-state index >= 15 is 0 Å². The van der Waals surface area contributed by atoms with Crippen molar-refractivity contribution in [2.45, 2.75) is 25.6 Å². The number of hydrogen-bond acceptors (Lipinski definition) is 2. The summed E-state index contributed by atoms with van der Waals surface area (Å²) in [6.45, 7) is 6.73. The summed E-state index contributed by atoms with van der Waals surface area (Å²) in [5.41, 5.74) is 3.07. The van der Waals surface area contributed by atoms with Crippen LogP contribution < -0.4 is 4.90 Å². The number of alkyl halides is 1. The minimum atomic E-state index is 0.724. The van der Waals surface area contributed by atoms with Crippen molar-refractivity contribution in [2.75, 3.05) is 18.0 Å². The van der Waals surface area contributed by atoms with Crippen LogP contribution in [0.4, 0.5) is 5.69 Å². The van der Waals surface area contributed by atoms with Gasteiger partial charge in [-0.2, -0.15) is 5.26 Å². The van der Waals surface area contributed by atoms with Crippen molar-refractivity contribution in [3.05, 3.63) is 29.3 Å². The second-order valence-corrected chi connectivity index (χ2v) is 5.90. The molecule has 2 rings (SSSR count). The van der Waals surface area contributed by atoms with E-state index in [4.69, 9.17) is 0 Å². The summed E-state index contributed by atoms with van der Waals surface area (Å²) in [6.07, 6.45) is 1.24. The summed E-state index contributed by atoms with van der Waals surface area (Å²) in [4.78, 5) is 2.36. The Labute approximate surface area is 118 Å². The van der Waals surface area contributed by atoms with Crippen LogP contribution in [0.2, 0.25) is 0 Å². The molecule has 3 heteroatoms. The van der Waals surface area contributed by atoms with Gasteiger partial charge in [-0.1, -0.05) is 35.8 Å². The fourth-order valence-corrected chi connectivity index (χ4v) is 2.93. The molecule has 1 aliphatic rings. The Balaban J connectivity index is 2.22. The first-order valence-corrected chi connectivity index (χ1v) is 7.61. The number of nitrogens with zero attached hydrogens (tertiary/aromatic N) is 2. The van der Waals surface area contributed by atoms with Gasteiger partial charge in [0.2, 0.25) is 0 Å². The molecular weight excluding hydrogens is 288 g/mol. The molecule has 96 valence electrons. The van der Waals surface area contributed by atoms with Gasteiger partial charge in [0.15, 0.2) is 0 Å². The maximum atomic E-state index is 9.28. The van der Waals surface area contributed by atoms with Crippen LogP contribution in [-0.4, -0.2) is 13.1 Å². The number of benzene rings is 1. The zero-order valence-corrected chi connectivity index (χ0v) is 12.6. The van der Waals surface area contributed by atoms with E-state index in [1.54, 1.807) is 0 Å². The van der Waals surface area contributed by atoms with Gasteiger partial charge in [0.05, 0.1) is 11.3 Å². The van der Waals surface area contributed by atoms with Crippen LogP contribution >= 0.6 is 15.9 Å². The van der Waals surface area contributed by atoms with Gasteiger partial charge >= 0.3 is 0 Å². The van der Waals surface area contributed by atoms with E-state index in [1.807, 2.05) is 6.07 Å². The average molecular weight is 307 g/mol. The lowest BCUT2D eigenvalue weighted by atomic mass is 9.95. The Morgan fingerprint density at radius 2 is 2.28 bits per heavy atom. The highest BCUT2D eigenvalue weighted by Crippen LogP contribution is 2.30. The van der Waals surface area contributed by atoms with E-state index < -0.39 is 0 Å². The van der Waals surface area contributed by atoms with E-state index in [2.05, 4.69) is 52.9 Å². The van der Waals surface area contributed by atoms with Crippen LogP contribution in [0.5, 0.6) is 0 Å². The van der Waals surface area contributed by atoms with E-state index in [0.717, 1.165) is 47.1 Å². The quantitative estimate of drug-likeness (QED) is 0.791. The topological polar surface area (TPSA) is 27.0 Å². The van der Waals surface area contributed by atoms with Crippen molar-refractivity contribution in [1.82, 2.24) is 0 Å². The number of rotatable bonds is 3. The lowest BCUT2D eigenvalue weighted by molar-refractivity contribution is 0.423. The average Bonchev–Trinajstić information content (AvgIpc) is 2.87. The third kappa shape index (κ3) is 2.70. The molecule has 1 aromatic rings. The van der Waals surface area contributed by atoms with Gasteiger partial charge in [0.25, 0.3) is 0 Å². The van der Waals surface area contributed by atoms with Gasteiger partial charge in [-0.05, 0) is 36.0 Å². The van der Waals surface area contributed by atoms with Crippen LogP contribution in [0.15, 0.2) is 18.2 Å². The van der Waals surface area contributed by atoms with E-state index in [0.29, 0.717) is 0 Å². The van der Waals surface area contributed by atoms with Crippen molar-refractivity contribution in [2.24, 2.45) is 11.8 Å². The molecule has 0 N–H and O–H groups in total. The van der Waals surface area contributed by atoms with Crippen LogP contribution in [0.3, 0.4) is 0 Å². The zero-order valence-electron chi connectivity index (χ0n) is 11.0. The summed E-state index contributed by atoms with van der Waals surface area (Å²) >= 11 is 3.43. The first-order valence-electron chi connectivity index (χ1n) is 6.49. The Kier molecular flexibility index (Phi) is 4.29. The number of hydrogen-bond donors (Lipinski definition) is 0. The maximum Gasteiger partial charge on any atom is 0.101 e. The molecule has 1 fully saturated rings. The van der Waals surface area contributed by atoms with Gasteiger partial charge in [0, 0.05) is 18.4 Å². The van der Waals surface area contributed by atoms with Crippen molar-refractivity contribution in [1.29, 1.82) is 5.26 Å². The highest BCUT2D eigenvalue weighted by atomic mass is 79.9. The fraction of sp³-hybridized carbons (Fsp3) is 0.533. The van der Waals surface area contributed by atoms with Crippen LogP contribution in [0.25, 0.3) is 0 Å². The Bertz CT molecular complexity index is 462. The molecule has 0 bridgehead atoms. The third-order valence-corrected chi connectivity index (χ3v) is 4.49.